The van der Waals surface area contributed by atoms with Gasteiger partial charge in [0.1, 0.15) is 24.7 Å². The maximum atomic E-state index is 13.4. The number of rotatable bonds is 9. The van der Waals surface area contributed by atoms with Crippen molar-refractivity contribution in [2.24, 2.45) is 0 Å². The Morgan fingerprint density at radius 2 is 1.50 bits per heavy atom. The van der Waals surface area contributed by atoms with Crippen LogP contribution in [0.15, 0.2) is 66.7 Å². The lowest BCUT2D eigenvalue weighted by molar-refractivity contribution is -0.151. The molecule has 0 radical (unpaired) electrons. The molecule has 0 bridgehead atoms. The van der Waals surface area contributed by atoms with Gasteiger partial charge in [-0.2, -0.15) is 0 Å². The number of fused-ring (bicyclic) bond motifs is 1. The third kappa shape index (κ3) is 6.15. The molecule has 1 aromatic heterocycles. The number of carbonyl (C=O) groups excluding carboxylic acids is 3. The summed E-state index contributed by atoms with van der Waals surface area (Å²) in [7, 11) is 1.54. The molecular weight excluding hydrogens is 510 g/mol. The molecule has 8 nitrogen and oxygen atoms in total. The van der Waals surface area contributed by atoms with Gasteiger partial charge in [-0.3, -0.25) is 19.0 Å². The quantitative estimate of drug-likeness (QED) is 0.241. The Balaban J connectivity index is 1.44. The number of aromatic hydroxyl groups is 1. The van der Waals surface area contributed by atoms with Gasteiger partial charge in [0.15, 0.2) is 0 Å². The molecule has 4 rings (SSSR count). The van der Waals surface area contributed by atoms with Crippen LogP contribution in [0.3, 0.4) is 0 Å². The lowest BCUT2D eigenvalue weighted by Gasteiger charge is -2.09. The number of hydrogen-bond acceptors (Lipinski definition) is 7. The normalized spacial score (nSPS) is 10.8. The van der Waals surface area contributed by atoms with Crippen LogP contribution in [0.25, 0.3) is 10.9 Å². The van der Waals surface area contributed by atoms with Crippen molar-refractivity contribution in [1.82, 2.24) is 4.57 Å². The molecule has 0 unspecified atom stereocenters. The zero-order valence-electron chi connectivity index (χ0n) is 20.9. The average molecular weight is 536 g/mol. The molecule has 0 aliphatic carbocycles. The van der Waals surface area contributed by atoms with Crippen molar-refractivity contribution in [3.05, 3.63) is 94.1 Å². The van der Waals surface area contributed by atoms with Crippen molar-refractivity contribution < 1.29 is 33.7 Å². The molecule has 0 aliphatic rings. The number of methoxy groups -OCH3 is 1. The first-order chi connectivity index (χ1) is 18.3. The van der Waals surface area contributed by atoms with E-state index >= 15 is 0 Å². The van der Waals surface area contributed by atoms with E-state index in [-0.39, 0.29) is 37.7 Å². The molecule has 0 amide bonds. The summed E-state index contributed by atoms with van der Waals surface area (Å²) in [6.07, 6.45) is -0.0474. The Morgan fingerprint density at radius 3 is 2.13 bits per heavy atom. The second-order valence-corrected chi connectivity index (χ2v) is 8.99. The van der Waals surface area contributed by atoms with Gasteiger partial charge in [-0.25, -0.2) is 0 Å². The van der Waals surface area contributed by atoms with Gasteiger partial charge in [0.2, 0.25) is 0 Å². The van der Waals surface area contributed by atoms with Crippen LogP contribution >= 0.6 is 11.6 Å². The van der Waals surface area contributed by atoms with Crippen molar-refractivity contribution in [2.75, 3.05) is 20.3 Å². The minimum absolute atomic E-state index is 0.0381. The van der Waals surface area contributed by atoms with E-state index in [0.717, 1.165) is 0 Å². The number of nitrogens with zero attached hydrogens (tertiary/aromatic N) is 1. The molecule has 38 heavy (non-hydrogen) atoms. The first-order valence-corrected chi connectivity index (χ1v) is 12.2. The second-order valence-electron chi connectivity index (χ2n) is 8.56. The molecule has 9 heteroatoms. The summed E-state index contributed by atoms with van der Waals surface area (Å²) < 4.78 is 17.4. The Bertz CT molecular complexity index is 1470. The summed E-state index contributed by atoms with van der Waals surface area (Å²) in [6.45, 7) is 1.57. The third-order valence-corrected chi connectivity index (χ3v) is 6.30. The summed E-state index contributed by atoms with van der Waals surface area (Å²) in [6, 6.07) is 18.1. The highest BCUT2D eigenvalue weighted by atomic mass is 35.5. The van der Waals surface area contributed by atoms with E-state index in [1.165, 1.54) is 12.1 Å². The number of hydrogen-bond donors (Lipinski definition) is 1. The number of phenolic OH excluding ortho intramolecular Hbond substituents is 1. The van der Waals surface area contributed by atoms with Crippen LogP contribution in [-0.4, -0.2) is 47.8 Å². The van der Waals surface area contributed by atoms with Crippen LogP contribution in [0.4, 0.5) is 0 Å². The number of esters is 2. The summed E-state index contributed by atoms with van der Waals surface area (Å²) in [4.78, 5) is 38.1. The van der Waals surface area contributed by atoms with Crippen molar-refractivity contribution in [2.45, 2.75) is 19.8 Å². The lowest BCUT2D eigenvalue weighted by Crippen LogP contribution is -2.17. The Labute approximate surface area is 224 Å². The maximum Gasteiger partial charge on any atom is 0.310 e. The smallest absolute Gasteiger partial charge is 0.310 e. The van der Waals surface area contributed by atoms with Gasteiger partial charge in [0, 0.05) is 21.7 Å². The molecule has 1 N–H and O–H groups in total. The van der Waals surface area contributed by atoms with Crippen LogP contribution < -0.4 is 4.74 Å². The fourth-order valence-corrected chi connectivity index (χ4v) is 4.26. The highest BCUT2D eigenvalue weighted by Gasteiger charge is 2.22. The summed E-state index contributed by atoms with van der Waals surface area (Å²) in [5, 5.41) is 10.5. The topological polar surface area (TPSA) is 104 Å². The molecule has 0 aliphatic heterocycles. The standard InChI is InChI=1S/C29H26ClNO7/c1-18-24(17-28(34)38-14-13-37-27(33)15-19-3-9-22(32)10-4-19)25-16-23(36-2)11-12-26(25)31(18)29(35)20-5-7-21(30)8-6-20/h3-12,16,32H,13-15,17H2,1-2H3. The van der Waals surface area contributed by atoms with Gasteiger partial charge in [0.05, 0.1) is 25.5 Å². The first kappa shape index (κ1) is 26.8. The zero-order valence-corrected chi connectivity index (χ0v) is 21.7. The minimum Gasteiger partial charge on any atom is -0.508 e. The van der Waals surface area contributed by atoms with E-state index in [4.69, 9.17) is 25.8 Å². The molecule has 196 valence electrons. The van der Waals surface area contributed by atoms with Crippen LogP contribution in [0.5, 0.6) is 11.5 Å². The molecule has 0 spiro atoms. The van der Waals surface area contributed by atoms with Crippen LogP contribution in [-0.2, 0) is 31.9 Å². The fourth-order valence-electron chi connectivity index (χ4n) is 4.13. The van der Waals surface area contributed by atoms with Crippen molar-refractivity contribution in [3.8, 4) is 11.5 Å². The van der Waals surface area contributed by atoms with E-state index < -0.39 is 11.9 Å². The van der Waals surface area contributed by atoms with Gasteiger partial charge in [0.25, 0.3) is 5.91 Å². The van der Waals surface area contributed by atoms with Gasteiger partial charge < -0.3 is 19.3 Å². The Hall–Kier alpha value is -4.30. The van der Waals surface area contributed by atoms with E-state index in [1.54, 1.807) is 73.2 Å². The average Bonchev–Trinajstić information content (AvgIpc) is 3.18. The molecule has 0 atom stereocenters. The third-order valence-electron chi connectivity index (χ3n) is 6.05. The molecule has 0 saturated heterocycles. The van der Waals surface area contributed by atoms with Gasteiger partial charge >= 0.3 is 11.9 Å². The van der Waals surface area contributed by atoms with Crippen molar-refractivity contribution in [1.29, 1.82) is 0 Å². The number of halogens is 1. The number of carbonyl (C=O) groups is 3. The monoisotopic (exact) mass is 535 g/mol. The van der Waals surface area contributed by atoms with E-state index in [9.17, 15) is 19.5 Å². The highest BCUT2D eigenvalue weighted by molar-refractivity contribution is 6.30. The molecular formula is C29H26ClNO7. The molecule has 3 aromatic carbocycles. The Kier molecular flexibility index (Phi) is 8.33. The lowest BCUT2D eigenvalue weighted by atomic mass is 10.1. The molecule has 4 aromatic rings. The molecule has 0 fully saturated rings. The number of phenols is 1. The van der Waals surface area contributed by atoms with Crippen molar-refractivity contribution >= 4 is 40.3 Å². The Morgan fingerprint density at radius 1 is 0.868 bits per heavy atom. The number of benzene rings is 3. The van der Waals surface area contributed by atoms with Gasteiger partial charge in [-0.05, 0) is 72.6 Å². The predicted octanol–water partition coefficient (Wildman–Crippen LogP) is 4.88. The minimum atomic E-state index is -0.525. The van der Waals surface area contributed by atoms with Crippen molar-refractivity contribution in [3.63, 3.8) is 0 Å². The van der Waals surface area contributed by atoms with E-state index in [2.05, 4.69) is 0 Å². The van der Waals surface area contributed by atoms with Crippen LogP contribution in [0.2, 0.25) is 5.02 Å². The van der Waals surface area contributed by atoms with Gasteiger partial charge in [-0.15, -0.1) is 0 Å². The summed E-state index contributed by atoms with van der Waals surface area (Å²) >= 11 is 5.98. The fraction of sp³-hybridized carbons (Fsp3) is 0.207. The number of aromatic nitrogens is 1. The first-order valence-electron chi connectivity index (χ1n) is 11.8. The summed E-state index contributed by atoms with van der Waals surface area (Å²) in [5.74, 6) is -0.555. The van der Waals surface area contributed by atoms with E-state index in [1.807, 2.05) is 0 Å². The predicted molar refractivity (Wildman–Crippen MR) is 142 cm³/mol. The van der Waals surface area contributed by atoms with E-state index in [0.29, 0.717) is 44.1 Å². The van der Waals surface area contributed by atoms with Crippen LogP contribution in [0.1, 0.15) is 27.2 Å². The number of ether oxygens (including phenoxy) is 3. The zero-order chi connectivity index (χ0) is 27.2. The molecule has 0 saturated carbocycles. The summed E-state index contributed by atoms with van der Waals surface area (Å²) in [5.41, 5.74) is 3.02. The largest absolute Gasteiger partial charge is 0.508 e. The SMILES string of the molecule is COc1ccc2c(c1)c(CC(=O)OCCOC(=O)Cc1ccc(O)cc1)c(C)n2C(=O)c1ccc(Cl)cc1. The van der Waals surface area contributed by atoms with Gasteiger partial charge in [-0.1, -0.05) is 23.7 Å². The van der Waals surface area contributed by atoms with Crippen LogP contribution in [0, 0.1) is 6.92 Å². The maximum absolute atomic E-state index is 13.4. The second kappa shape index (κ2) is 11.8. The highest BCUT2D eigenvalue weighted by Crippen LogP contribution is 2.31. The molecule has 1 heterocycles.